The van der Waals surface area contributed by atoms with E-state index in [1.807, 2.05) is 12.1 Å². The van der Waals surface area contributed by atoms with Crippen molar-refractivity contribution in [3.63, 3.8) is 0 Å². The minimum Gasteiger partial charge on any atom is -0.508 e. The third kappa shape index (κ3) is 3.69. The fraction of sp³-hybridized carbons (Fsp3) is 0.667. The van der Waals surface area contributed by atoms with Crippen molar-refractivity contribution in [1.82, 2.24) is 0 Å². The Morgan fingerprint density at radius 1 is 1.20 bits per heavy atom. The highest BCUT2D eigenvalue weighted by Gasteiger charge is 2.54. The van der Waals surface area contributed by atoms with Crippen molar-refractivity contribution >= 4 is 10.3 Å². The molecule has 7 heteroatoms. The Bertz CT molecular complexity index is 742. The molecule has 140 valence electrons. The Labute approximate surface area is 148 Å². The number of aliphatic hydroxyl groups is 1. The van der Waals surface area contributed by atoms with E-state index in [9.17, 15) is 10.2 Å². The van der Waals surface area contributed by atoms with Crippen molar-refractivity contribution in [2.75, 3.05) is 0 Å². The summed E-state index contributed by atoms with van der Waals surface area (Å²) in [5, 5.41) is 23.9. The highest BCUT2D eigenvalue weighted by molar-refractivity contribution is 7.83. The van der Waals surface area contributed by atoms with Gasteiger partial charge < -0.3 is 10.2 Å². The SMILES string of the molecule is C[C@]12CC[C@@H]3c4ccc(O)cc4CC[C@H]3[C@@H]1CCC2O.NS(=O)(=O)O. The Kier molecular flexibility index (Phi) is 4.87. The predicted octanol–water partition coefficient (Wildman–Crippen LogP) is 2.36. The second-order valence-electron chi connectivity index (χ2n) is 7.95. The van der Waals surface area contributed by atoms with E-state index in [1.54, 1.807) is 0 Å². The maximum absolute atomic E-state index is 10.4. The van der Waals surface area contributed by atoms with Gasteiger partial charge >= 0.3 is 10.3 Å². The molecule has 0 heterocycles. The highest BCUT2D eigenvalue weighted by atomic mass is 32.2. The van der Waals surface area contributed by atoms with Crippen molar-refractivity contribution in [2.24, 2.45) is 22.4 Å². The Hall–Kier alpha value is -1.15. The van der Waals surface area contributed by atoms with E-state index in [4.69, 9.17) is 13.0 Å². The van der Waals surface area contributed by atoms with Crippen LogP contribution in [0.2, 0.25) is 0 Å². The van der Waals surface area contributed by atoms with Crippen LogP contribution >= 0.6 is 0 Å². The fourth-order valence-corrected chi connectivity index (χ4v) is 5.54. The lowest BCUT2D eigenvalue weighted by molar-refractivity contribution is -0.0226. The van der Waals surface area contributed by atoms with E-state index >= 15 is 0 Å². The van der Waals surface area contributed by atoms with Crippen molar-refractivity contribution in [2.45, 2.75) is 57.5 Å². The molecule has 0 aromatic heterocycles. The van der Waals surface area contributed by atoms with Crippen LogP contribution in [0.15, 0.2) is 18.2 Å². The zero-order chi connectivity index (χ0) is 18.4. The summed E-state index contributed by atoms with van der Waals surface area (Å²) >= 11 is 0. The monoisotopic (exact) mass is 369 g/mol. The van der Waals surface area contributed by atoms with Crippen LogP contribution in [0.25, 0.3) is 0 Å². The van der Waals surface area contributed by atoms with Crippen LogP contribution in [-0.4, -0.2) is 29.3 Å². The standard InChI is InChI=1S/C18H24O2.H3NO3S/c1-18-9-8-14-13-5-3-12(19)10-11(13)2-4-15(14)16(18)6-7-17(18)20;1-5(2,3)4/h3,5,10,14-17,19-20H,2,4,6-9H2,1H3;(H3,1,2,3,4)/t14-,15-,16+,17?,18+;/m1./s1. The molecule has 0 spiro atoms. The first-order chi connectivity index (χ1) is 11.6. The van der Waals surface area contributed by atoms with Gasteiger partial charge in [0.1, 0.15) is 5.75 Å². The summed E-state index contributed by atoms with van der Waals surface area (Å²) in [6.07, 6.45) is 6.78. The zero-order valence-electron chi connectivity index (χ0n) is 14.4. The normalized spacial score (nSPS) is 36.5. The van der Waals surface area contributed by atoms with Gasteiger partial charge in [0.2, 0.25) is 0 Å². The molecule has 3 aliphatic carbocycles. The molecule has 5 N–H and O–H groups in total. The van der Waals surface area contributed by atoms with Gasteiger partial charge in [-0.15, -0.1) is 0 Å². The molecule has 1 unspecified atom stereocenters. The molecule has 2 fully saturated rings. The Morgan fingerprint density at radius 3 is 2.56 bits per heavy atom. The highest BCUT2D eigenvalue weighted by Crippen LogP contribution is 2.60. The van der Waals surface area contributed by atoms with Crippen LogP contribution in [0.5, 0.6) is 5.75 Å². The smallest absolute Gasteiger partial charge is 0.330 e. The maximum Gasteiger partial charge on any atom is 0.330 e. The first kappa shape index (κ1) is 18.6. The number of rotatable bonds is 0. The molecule has 0 aliphatic heterocycles. The van der Waals surface area contributed by atoms with Gasteiger partial charge in [-0.3, -0.25) is 4.55 Å². The molecule has 1 aromatic rings. The molecular formula is C18H27NO5S. The largest absolute Gasteiger partial charge is 0.508 e. The van der Waals surface area contributed by atoms with Crippen molar-refractivity contribution in [3.05, 3.63) is 29.3 Å². The molecule has 6 nitrogen and oxygen atoms in total. The van der Waals surface area contributed by atoms with Gasteiger partial charge in [-0.1, -0.05) is 13.0 Å². The number of hydrogen-bond acceptors (Lipinski definition) is 4. The average Bonchev–Trinajstić information content (AvgIpc) is 2.81. The van der Waals surface area contributed by atoms with Crippen LogP contribution in [-0.2, 0) is 16.7 Å². The molecule has 1 aromatic carbocycles. The van der Waals surface area contributed by atoms with Gasteiger partial charge in [0.25, 0.3) is 0 Å². The third-order valence-electron chi connectivity index (χ3n) is 6.66. The molecule has 2 saturated carbocycles. The van der Waals surface area contributed by atoms with Crippen LogP contribution < -0.4 is 5.14 Å². The number of hydrogen-bond donors (Lipinski definition) is 4. The van der Waals surface area contributed by atoms with Gasteiger partial charge in [-0.05, 0) is 85.0 Å². The van der Waals surface area contributed by atoms with Crippen LogP contribution in [0.3, 0.4) is 0 Å². The van der Waals surface area contributed by atoms with Gasteiger partial charge in [-0.25, -0.2) is 5.14 Å². The molecule has 0 radical (unpaired) electrons. The summed E-state index contributed by atoms with van der Waals surface area (Å²) in [6.45, 7) is 2.32. The second-order valence-corrected chi connectivity index (χ2v) is 8.98. The number of nitrogens with two attached hydrogens (primary N) is 1. The first-order valence-electron chi connectivity index (χ1n) is 8.84. The molecule has 5 atom stereocenters. The summed E-state index contributed by atoms with van der Waals surface area (Å²) in [7, 11) is -4.17. The topological polar surface area (TPSA) is 121 Å². The molecule has 4 rings (SSSR count). The van der Waals surface area contributed by atoms with E-state index in [1.165, 1.54) is 30.4 Å². The lowest BCUT2D eigenvalue weighted by Crippen LogP contribution is -2.43. The molecular weight excluding hydrogens is 342 g/mol. The van der Waals surface area contributed by atoms with E-state index in [0.717, 1.165) is 25.2 Å². The van der Waals surface area contributed by atoms with Crippen molar-refractivity contribution < 1.29 is 23.2 Å². The average molecular weight is 369 g/mol. The van der Waals surface area contributed by atoms with E-state index in [2.05, 4.69) is 18.1 Å². The lowest BCUT2D eigenvalue weighted by Gasteiger charge is -2.50. The molecule has 3 aliphatic rings. The van der Waals surface area contributed by atoms with Crippen molar-refractivity contribution in [3.8, 4) is 5.75 Å². The van der Waals surface area contributed by atoms with Gasteiger partial charge in [-0.2, -0.15) is 8.42 Å². The Morgan fingerprint density at radius 2 is 1.88 bits per heavy atom. The minimum atomic E-state index is -4.17. The van der Waals surface area contributed by atoms with Gasteiger partial charge in [0.15, 0.2) is 0 Å². The number of aliphatic hydroxyl groups excluding tert-OH is 1. The van der Waals surface area contributed by atoms with Crippen LogP contribution in [0.1, 0.15) is 56.1 Å². The van der Waals surface area contributed by atoms with E-state index in [-0.39, 0.29) is 11.5 Å². The summed E-state index contributed by atoms with van der Waals surface area (Å²) < 4.78 is 25.2. The third-order valence-corrected chi connectivity index (χ3v) is 6.66. The summed E-state index contributed by atoms with van der Waals surface area (Å²) in [4.78, 5) is 0. The van der Waals surface area contributed by atoms with Gasteiger partial charge in [0.05, 0.1) is 6.10 Å². The molecule has 25 heavy (non-hydrogen) atoms. The Balaban J connectivity index is 0.000000324. The van der Waals surface area contributed by atoms with Crippen LogP contribution in [0.4, 0.5) is 0 Å². The summed E-state index contributed by atoms with van der Waals surface area (Å²) in [6, 6.07) is 5.96. The number of phenols is 1. The van der Waals surface area contributed by atoms with E-state index in [0.29, 0.717) is 17.6 Å². The van der Waals surface area contributed by atoms with Crippen molar-refractivity contribution in [1.29, 1.82) is 0 Å². The zero-order valence-corrected chi connectivity index (χ0v) is 15.2. The quantitative estimate of drug-likeness (QED) is 0.523. The maximum atomic E-state index is 10.4. The number of aromatic hydroxyl groups is 1. The number of fused-ring (bicyclic) bond motifs is 5. The van der Waals surface area contributed by atoms with Crippen LogP contribution in [0, 0.1) is 17.3 Å². The van der Waals surface area contributed by atoms with E-state index < -0.39 is 10.3 Å². The number of aryl methyl sites for hydroxylation is 1. The molecule has 0 bridgehead atoms. The molecule has 0 amide bonds. The minimum absolute atomic E-state index is 0.0883. The number of benzene rings is 1. The predicted molar refractivity (Wildman–Crippen MR) is 94.5 cm³/mol. The van der Waals surface area contributed by atoms with Gasteiger partial charge in [0, 0.05) is 0 Å². The second kappa shape index (κ2) is 6.54. The lowest BCUT2D eigenvalue weighted by atomic mass is 9.55. The first-order valence-corrected chi connectivity index (χ1v) is 10.3. The fourth-order valence-electron chi connectivity index (χ4n) is 5.54. The molecule has 0 saturated heterocycles. The summed E-state index contributed by atoms with van der Waals surface area (Å²) in [5.74, 6) is 2.49. The summed E-state index contributed by atoms with van der Waals surface area (Å²) in [5.41, 5.74) is 2.99. The number of phenolic OH excluding ortho intramolecular Hbond substituents is 1.